The molecule has 1 aromatic rings. The van der Waals surface area contributed by atoms with Gasteiger partial charge in [0, 0.05) is 5.02 Å². The number of halogens is 1. The van der Waals surface area contributed by atoms with E-state index in [4.69, 9.17) is 11.6 Å². The second-order valence-electron chi connectivity index (χ2n) is 4.12. The average Bonchev–Trinajstić information content (AvgIpc) is 2.70. The minimum atomic E-state index is -0.864. The van der Waals surface area contributed by atoms with E-state index in [9.17, 15) is 9.59 Å². The Morgan fingerprint density at radius 3 is 2.81 bits per heavy atom. The molecule has 82 valence electrons. The number of aryl methyl sites for hydroxylation is 1. The Morgan fingerprint density at radius 1 is 1.31 bits per heavy atom. The van der Waals surface area contributed by atoms with Crippen LogP contribution < -0.4 is 10.6 Å². The highest BCUT2D eigenvalue weighted by Gasteiger charge is 2.51. The number of urea groups is 1. The molecule has 1 saturated heterocycles. The quantitative estimate of drug-likeness (QED) is 0.668. The van der Waals surface area contributed by atoms with Crippen molar-refractivity contribution < 1.29 is 9.59 Å². The predicted octanol–water partition coefficient (Wildman–Crippen LogP) is 1.32. The van der Waals surface area contributed by atoms with Gasteiger partial charge in [-0.3, -0.25) is 10.1 Å². The molecule has 1 aliphatic carbocycles. The summed E-state index contributed by atoms with van der Waals surface area (Å²) in [6, 6.07) is 4.98. The fourth-order valence-electron chi connectivity index (χ4n) is 2.50. The number of hydrogen-bond acceptors (Lipinski definition) is 2. The van der Waals surface area contributed by atoms with E-state index in [1.165, 1.54) is 0 Å². The first-order valence-corrected chi connectivity index (χ1v) is 5.42. The lowest BCUT2D eigenvalue weighted by Crippen LogP contribution is -2.41. The summed E-state index contributed by atoms with van der Waals surface area (Å²) < 4.78 is 0. The second-order valence-corrected chi connectivity index (χ2v) is 4.55. The van der Waals surface area contributed by atoms with Crippen molar-refractivity contribution in [2.45, 2.75) is 18.4 Å². The molecule has 1 atom stereocenters. The number of nitrogens with one attached hydrogen (secondary N) is 2. The van der Waals surface area contributed by atoms with Gasteiger partial charge in [0.25, 0.3) is 5.91 Å². The molecule has 0 aromatic heterocycles. The Hall–Kier alpha value is -1.55. The summed E-state index contributed by atoms with van der Waals surface area (Å²) in [5.74, 6) is -0.265. The zero-order valence-electron chi connectivity index (χ0n) is 8.34. The van der Waals surface area contributed by atoms with E-state index < -0.39 is 11.6 Å². The van der Waals surface area contributed by atoms with E-state index in [0.29, 0.717) is 11.4 Å². The van der Waals surface area contributed by atoms with Crippen molar-refractivity contribution in [1.82, 2.24) is 10.6 Å². The molecule has 1 aliphatic heterocycles. The SMILES string of the molecule is O=C1NC(=O)C2(CCc3cc(Cl)ccc32)N1. The van der Waals surface area contributed by atoms with Crippen molar-refractivity contribution >= 4 is 23.5 Å². The van der Waals surface area contributed by atoms with E-state index >= 15 is 0 Å². The maximum atomic E-state index is 11.8. The Labute approximate surface area is 97.0 Å². The van der Waals surface area contributed by atoms with Crippen LogP contribution in [0.2, 0.25) is 5.02 Å². The lowest BCUT2D eigenvalue weighted by Gasteiger charge is -2.20. The number of fused-ring (bicyclic) bond motifs is 2. The van der Waals surface area contributed by atoms with Crippen molar-refractivity contribution in [3.8, 4) is 0 Å². The summed E-state index contributed by atoms with van der Waals surface area (Å²) in [6.07, 6.45) is 1.35. The van der Waals surface area contributed by atoms with Gasteiger partial charge in [0.1, 0.15) is 5.54 Å². The number of imide groups is 1. The van der Waals surface area contributed by atoms with E-state index in [0.717, 1.165) is 17.5 Å². The Bertz CT molecular complexity index is 515. The highest BCUT2D eigenvalue weighted by Crippen LogP contribution is 2.39. The van der Waals surface area contributed by atoms with Crippen LogP contribution in [0.4, 0.5) is 4.79 Å². The molecule has 1 aromatic carbocycles. The second kappa shape index (κ2) is 2.98. The van der Waals surface area contributed by atoms with Crippen LogP contribution in [0.5, 0.6) is 0 Å². The lowest BCUT2D eigenvalue weighted by atomic mass is 9.92. The van der Waals surface area contributed by atoms with Crippen LogP contribution in [-0.2, 0) is 16.8 Å². The van der Waals surface area contributed by atoms with E-state index in [2.05, 4.69) is 10.6 Å². The van der Waals surface area contributed by atoms with Gasteiger partial charge >= 0.3 is 6.03 Å². The lowest BCUT2D eigenvalue weighted by molar-refractivity contribution is -0.124. The molecule has 1 fully saturated rings. The van der Waals surface area contributed by atoms with Gasteiger partial charge in [-0.2, -0.15) is 0 Å². The van der Waals surface area contributed by atoms with Crippen LogP contribution in [0, 0.1) is 0 Å². The maximum absolute atomic E-state index is 11.8. The van der Waals surface area contributed by atoms with Crippen molar-refractivity contribution in [2.75, 3.05) is 0 Å². The molecule has 3 rings (SSSR count). The molecule has 1 spiro atoms. The largest absolute Gasteiger partial charge is 0.322 e. The highest BCUT2D eigenvalue weighted by atomic mass is 35.5. The van der Waals surface area contributed by atoms with Gasteiger partial charge in [-0.05, 0) is 36.1 Å². The number of amides is 3. The molecule has 5 heteroatoms. The third-order valence-corrected chi connectivity index (χ3v) is 3.47. The van der Waals surface area contributed by atoms with Gasteiger partial charge in [-0.1, -0.05) is 17.7 Å². The maximum Gasteiger partial charge on any atom is 0.322 e. The first-order chi connectivity index (χ1) is 7.62. The molecular formula is C11H9ClN2O2. The topological polar surface area (TPSA) is 58.2 Å². The number of hydrogen-bond donors (Lipinski definition) is 2. The van der Waals surface area contributed by atoms with Gasteiger partial charge < -0.3 is 5.32 Å². The van der Waals surface area contributed by atoms with Crippen molar-refractivity contribution in [2.24, 2.45) is 0 Å². The number of benzene rings is 1. The number of rotatable bonds is 0. The van der Waals surface area contributed by atoms with Gasteiger partial charge in [0.2, 0.25) is 0 Å². The van der Waals surface area contributed by atoms with Gasteiger partial charge in [-0.15, -0.1) is 0 Å². The summed E-state index contributed by atoms with van der Waals surface area (Å²) in [6.45, 7) is 0. The summed E-state index contributed by atoms with van der Waals surface area (Å²) in [5, 5.41) is 5.65. The number of carbonyl (C=O) groups excluding carboxylic acids is 2. The number of carbonyl (C=O) groups is 2. The van der Waals surface area contributed by atoms with Gasteiger partial charge in [0.15, 0.2) is 0 Å². The summed E-state index contributed by atoms with van der Waals surface area (Å²) >= 11 is 5.90. The summed E-state index contributed by atoms with van der Waals surface area (Å²) in [5.41, 5.74) is 1.03. The zero-order chi connectivity index (χ0) is 11.3. The first kappa shape index (κ1) is 9.66. The van der Waals surface area contributed by atoms with E-state index in [-0.39, 0.29) is 5.91 Å². The fraction of sp³-hybridized carbons (Fsp3) is 0.273. The van der Waals surface area contributed by atoms with Crippen LogP contribution in [0.1, 0.15) is 17.5 Å². The molecule has 0 radical (unpaired) electrons. The molecule has 16 heavy (non-hydrogen) atoms. The minimum absolute atomic E-state index is 0.265. The smallest absolute Gasteiger partial charge is 0.319 e. The molecule has 1 unspecified atom stereocenters. The summed E-state index contributed by atoms with van der Waals surface area (Å²) in [4.78, 5) is 23.1. The molecule has 0 bridgehead atoms. The Morgan fingerprint density at radius 2 is 2.12 bits per heavy atom. The van der Waals surface area contributed by atoms with Crippen LogP contribution in [0.15, 0.2) is 18.2 Å². The third kappa shape index (κ3) is 1.10. The van der Waals surface area contributed by atoms with Crippen LogP contribution in [0.25, 0.3) is 0 Å². The average molecular weight is 237 g/mol. The highest BCUT2D eigenvalue weighted by molar-refractivity contribution is 6.30. The van der Waals surface area contributed by atoms with Crippen molar-refractivity contribution in [1.29, 1.82) is 0 Å². The fourth-order valence-corrected chi connectivity index (χ4v) is 2.69. The van der Waals surface area contributed by atoms with Gasteiger partial charge in [0.05, 0.1) is 0 Å². The van der Waals surface area contributed by atoms with Crippen LogP contribution in [-0.4, -0.2) is 11.9 Å². The van der Waals surface area contributed by atoms with Crippen molar-refractivity contribution in [3.05, 3.63) is 34.3 Å². The van der Waals surface area contributed by atoms with E-state index in [1.807, 2.05) is 12.1 Å². The Kier molecular flexibility index (Phi) is 1.80. The normalized spacial score (nSPS) is 26.8. The monoisotopic (exact) mass is 236 g/mol. The first-order valence-electron chi connectivity index (χ1n) is 5.04. The molecular weight excluding hydrogens is 228 g/mol. The van der Waals surface area contributed by atoms with Crippen molar-refractivity contribution in [3.63, 3.8) is 0 Å². The van der Waals surface area contributed by atoms with Crippen LogP contribution >= 0.6 is 11.6 Å². The minimum Gasteiger partial charge on any atom is -0.319 e. The van der Waals surface area contributed by atoms with Gasteiger partial charge in [-0.25, -0.2) is 4.79 Å². The predicted molar refractivity (Wildman–Crippen MR) is 58.1 cm³/mol. The molecule has 2 aliphatic rings. The standard InChI is InChI=1S/C11H9ClN2O2/c12-7-1-2-8-6(5-7)3-4-11(8)9(15)13-10(16)14-11/h1-2,5H,3-4H2,(H2,13,14,15,16). The summed E-state index contributed by atoms with van der Waals surface area (Å²) in [7, 11) is 0. The molecule has 3 amide bonds. The molecule has 4 nitrogen and oxygen atoms in total. The molecule has 1 heterocycles. The third-order valence-electron chi connectivity index (χ3n) is 3.24. The Balaban J connectivity index is 2.15. The van der Waals surface area contributed by atoms with E-state index in [1.54, 1.807) is 6.07 Å². The molecule has 0 saturated carbocycles. The van der Waals surface area contributed by atoms with Crippen LogP contribution in [0.3, 0.4) is 0 Å². The zero-order valence-corrected chi connectivity index (χ0v) is 9.10. The molecule has 2 N–H and O–H groups in total.